The van der Waals surface area contributed by atoms with Gasteiger partial charge in [-0.25, -0.2) is 17.9 Å². The molecule has 0 amide bonds. The van der Waals surface area contributed by atoms with Crippen LogP contribution in [0, 0.1) is 0 Å². The van der Waals surface area contributed by atoms with E-state index in [9.17, 15) is 39.6 Å². The summed E-state index contributed by atoms with van der Waals surface area (Å²) in [7, 11) is -6.00. The first-order valence-corrected chi connectivity index (χ1v) is 6.62. The molecule has 1 atom stereocenters. The maximum atomic E-state index is 12.2. The molecule has 0 saturated carbocycles. The van der Waals surface area contributed by atoms with Crippen molar-refractivity contribution in [2.45, 2.75) is 31.1 Å². The Kier molecular flexibility index (Phi) is 6.23. The number of ether oxygens (including phenoxy) is 1. The minimum absolute atomic E-state index is 0.209. The van der Waals surface area contributed by atoms with Crippen molar-refractivity contribution in [1.29, 1.82) is 0 Å². The van der Waals surface area contributed by atoms with Gasteiger partial charge in [-0.05, 0) is 6.92 Å². The predicted octanol–water partition coefficient (Wildman–Crippen LogP) is 1.87. The molecule has 0 heterocycles. The van der Waals surface area contributed by atoms with Gasteiger partial charge in [-0.3, -0.25) is 0 Å². The molecule has 5 nitrogen and oxygen atoms in total. The monoisotopic (exact) mass is 343 g/mol. The van der Waals surface area contributed by atoms with Crippen molar-refractivity contribution in [3.05, 3.63) is 12.2 Å². The van der Waals surface area contributed by atoms with Crippen LogP contribution in [-0.2, 0) is 19.6 Å². The molecule has 0 aromatic rings. The van der Waals surface area contributed by atoms with Gasteiger partial charge in [0.1, 0.15) is 6.61 Å². The molecule has 12 heteroatoms. The second kappa shape index (κ2) is 6.64. The molecule has 0 aromatic carbocycles. The fourth-order valence-corrected chi connectivity index (χ4v) is 1.72. The Morgan fingerprint density at radius 3 is 2.05 bits per heavy atom. The van der Waals surface area contributed by atoms with E-state index in [4.69, 9.17) is 0 Å². The third-order valence-corrected chi connectivity index (χ3v) is 3.12. The Hall–Kier alpha value is -1.30. The molecular weight excluding hydrogens is 332 g/mol. The van der Waals surface area contributed by atoms with Gasteiger partial charge in [0.15, 0.2) is 0 Å². The zero-order valence-electron chi connectivity index (χ0n) is 10.5. The summed E-state index contributed by atoms with van der Waals surface area (Å²) in [5, 5.41) is 0. The van der Waals surface area contributed by atoms with Crippen molar-refractivity contribution < 1.29 is 44.3 Å². The number of carbonyl (C=O) groups excluding carboxylic acids is 1. The second-order valence-corrected chi connectivity index (χ2v) is 5.67. The number of halogens is 6. The van der Waals surface area contributed by atoms with E-state index in [1.165, 1.54) is 0 Å². The minimum Gasteiger partial charge on any atom is -0.461 e. The molecule has 0 aliphatic rings. The maximum Gasteiger partial charge on any atom is 0.511 e. The van der Waals surface area contributed by atoms with Crippen LogP contribution in [0.2, 0.25) is 0 Å². The van der Waals surface area contributed by atoms with Gasteiger partial charge in [0.2, 0.25) is 0 Å². The summed E-state index contributed by atoms with van der Waals surface area (Å²) in [4.78, 5) is 11.0. The summed E-state index contributed by atoms with van der Waals surface area (Å²) in [6.07, 6.45) is -6.90. The lowest BCUT2D eigenvalue weighted by Gasteiger charge is -2.20. The van der Waals surface area contributed by atoms with Crippen LogP contribution in [0.3, 0.4) is 0 Å². The fourth-order valence-electron chi connectivity index (χ4n) is 1.000. The lowest BCUT2D eigenvalue weighted by Crippen LogP contribution is -2.46. The summed E-state index contributed by atoms with van der Waals surface area (Å²) in [6, 6.07) is -2.31. The van der Waals surface area contributed by atoms with Crippen molar-refractivity contribution in [2.24, 2.45) is 0 Å². The Morgan fingerprint density at radius 1 is 1.24 bits per heavy atom. The first-order chi connectivity index (χ1) is 9.16. The molecule has 0 fully saturated rings. The molecule has 124 valence electrons. The first-order valence-electron chi connectivity index (χ1n) is 5.13. The van der Waals surface area contributed by atoms with E-state index >= 15 is 0 Å². The summed E-state index contributed by atoms with van der Waals surface area (Å²) in [5.41, 5.74) is -5.99. The molecule has 1 unspecified atom stereocenters. The lowest BCUT2D eigenvalue weighted by molar-refractivity contribution is -0.150. The van der Waals surface area contributed by atoms with E-state index in [1.807, 2.05) is 0 Å². The van der Waals surface area contributed by atoms with Crippen LogP contribution < -0.4 is 4.72 Å². The predicted molar refractivity (Wildman–Crippen MR) is 58.3 cm³/mol. The summed E-state index contributed by atoms with van der Waals surface area (Å²) >= 11 is 0. The smallest absolute Gasteiger partial charge is 0.461 e. The van der Waals surface area contributed by atoms with Crippen LogP contribution in [0.25, 0.3) is 0 Å². The van der Waals surface area contributed by atoms with E-state index in [0.717, 1.165) is 11.6 Å². The third kappa shape index (κ3) is 7.32. The van der Waals surface area contributed by atoms with Gasteiger partial charge in [0.05, 0.1) is 12.5 Å². The number of esters is 1. The molecule has 0 aliphatic heterocycles. The van der Waals surface area contributed by atoms with Crippen LogP contribution in [0.1, 0.15) is 13.3 Å². The van der Waals surface area contributed by atoms with Gasteiger partial charge in [-0.15, -0.1) is 0 Å². The third-order valence-electron chi connectivity index (χ3n) is 1.87. The highest BCUT2D eigenvalue weighted by Gasteiger charge is 2.48. The van der Waals surface area contributed by atoms with Crippen LogP contribution in [0.15, 0.2) is 12.2 Å². The largest absolute Gasteiger partial charge is 0.511 e. The van der Waals surface area contributed by atoms with Crippen LogP contribution in [-0.4, -0.2) is 38.7 Å². The van der Waals surface area contributed by atoms with Gasteiger partial charge in [0.25, 0.3) is 0 Å². The van der Waals surface area contributed by atoms with Crippen LogP contribution >= 0.6 is 0 Å². The molecule has 1 N–H and O–H groups in total. The SMILES string of the molecule is C=C(C)C(=O)OCC(CC(F)(F)F)NS(=O)(=O)C(F)(F)F. The number of rotatable bonds is 6. The molecule has 0 spiro atoms. The van der Waals surface area contributed by atoms with Crippen molar-refractivity contribution in [3.8, 4) is 0 Å². The van der Waals surface area contributed by atoms with E-state index < -0.39 is 46.7 Å². The fraction of sp³-hybridized carbons (Fsp3) is 0.667. The highest BCUT2D eigenvalue weighted by molar-refractivity contribution is 7.90. The van der Waals surface area contributed by atoms with Crippen LogP contribution in [0.5, 0.6) is 0 Å². The molecule has 0 radical (unpaired) electrons. The summed E-state index contributed by atoms with van der Waals surface area (Å²) in [5.74, 6) is -1.16. The molecule has 0 saturated heterocycles. The first kappa shape index (κ1) is 19.7. The quantitative estimate of drug-likeness (QED) is 0.454. The minimum atomic E-state index is -6.00. The van der Waals surface area contributed by atoms with E-state index in [1.54, 1.807) is 0 Å². The number of hydrogen-bond acceptors (Lipinski definition) is 4. The standard InChI is InChI=1S/C9H11F6NO4S/c1-5(2)7(17)20-4-6(3-8(10,11)12)16-21(18,19)9(13,14)15/h6,16H,1,3-4H2,2H3. The number of nitrogens with one attached hydrogen (secondary N) is 1. The normalized spacial score (nSPS) is 14.6. The van der Waals surface area contributed by atoms with Crippen molar-refractivity contribution in [2.75, 3.05) is 6.61 Å². The zero-order chi connectivity index (χ0) is 17.1. The van der Waals surface area contributed by atoms with Crippen molar-refractivity contribution >= 4 is 16.0 Å². The van der Waals surface area contributed by atoms with Gasteiger partial charge < -0.3 is 4.74 Å². The van der Waals surface area contributed by atoms with Gasteiger partial charge >= 0.3 is 27.7 Å². The zero-order valence-corrected chi connectivity index (χ0v) is 11.3. The Labute approximate surface area is 116 Å². The van der Waals surface area contributed by atoms with E-state index in [-0.39, 0.29) is 5.57 Å². The van der Waals surface area contributed by atoms with Gasteiger partial charge in [-0.1, -0.05) is 6.58 Å². The molecular formula is C9H11F6NO4S. The molecule has 0 aliphatic carbocycles. The molecule has 0 rings (SSSR count). The maximum absolute atomic E-state index is 12.2. The molecule has 0 bridgehead atoms. The van der Waals surface area contributed by atoms with Crippen molar-refractivity contribution in [3.63, 3.8) is 0 Å². The van der Waals surface area contributed by atoms with Crippen molar-refractivity contribution in [1.82, 2.24) is 4.72 Å². The Morgan fingerprint density at radius 2 is 1.71 bits per heavy atom. The highest BCUT2D eigenvalue weighted by atomic mass is 32.2. The Bertz CT molecular complexity index is 495. The van der Waals surface area contributed by atoms with E-state index in [2.05, 4.69) is 11.3 Å². The number of alkyl halides is 6. The average molecular weight is 343 g/mol. The highest BCUT2D eigenvalue weighted by Crippen LogP contribution is 2.26. The molecule has 21 heavy (non-hydrogen) atoms. The van der Waals surface area contributed by atoms with Crippen LogP contribution in [0.4, 0.5) is 26.3 Å². The lowest BCUT2D eigenvalue weighted by atomic mass is 10.2. The number of hydrogen-bond donors (Lipinski definition) is 1. The number of carbonyl (C=O) groups is 1. The second-order valence-electron chi connectivity index (χ2n) is 3.96. The van der Waals surface area contributed by atoms with Gasteiger partial charge in [0, 0.05) is 5.57 Å². The average Bonchev–Trinajstić information content (AvgIpc) is 2.20. The summed E-state index contributed by atoms with van der Waals surface area (Å²) in [6.45, 7) is 3.04. The Balaban J connectivity index is 5.00. The van der Waals surface area contributed by atoms with Gasteiger partial charge in [-0.2, -0.15) is 26.3 Å². The topological polar surface area (TPSA) is 72.5 Å². The molecule has 0 aromatic heterocycles. The number of sulfonamides is 1. The summed E-state index contributed by atoms with van der Waals surface area (Å²) < 4.78 is 99.4. The van der Waals surface area contributed by atoms with E-state index in [0.29, 0.717) is 0 Å².